The summed E-state index contributed by atoms with van der Waals surface area (Å²) in [5.74, 6) is 0.356. The maximum absolute atomic E-state index is 13.3. The van der Waals surface area contributed by atoms with Gasteiger partial charge in [-0.05, 0) is 44.1 Å². The second kappa shape index (κ2) is 6.91. The zero-order valence-corrected chi connectivity index (χ0v) is 13.1. The van der Waals surface area contributed by atoms with E-state index in [4.69, 9.17) is 4.42 Å². The summed E-state index contributed by atoms with van der Waals surface area (Å²) < 4.78 is 18.7. The number of benzene rings is 1. The van der Waals surface area contributed by atoms with Gasteiger partial charge in [0.05, 0.1) is 5.69 Å². The quantitative estimate of drug-likeness (QED) is 0.941. The molecule has 1 aromatic heterocycles. The lowest BCUT2D eigenvalue weighted by atomic mass is 9.96. The Hall–Kier alpha value is -2.21. The highest BCUT2D eigenvalue weighted by atomic mass is 19.1. The van der Waals surface area contributed by atoms with Gasteiger partial charge >= 0.3 is 0 Å². The number of nitrogens with zero attached hydrogens (tertiary/aromatic N) is 2. The number of hydrogen-bond acceptors (Lipinski definition) is 4. The fraction of sp³-hybridized carbons (Fsp3) is 0.412. The molecule has 0 saturated carbocycles. The maximum Gasteiger partial charge on any atom is 0.226 e. The molecule has 2 aromatic rings. The number of amides is 1. The van der Waals surface area contributed by atoms with E-state index in [9.17, 15) is 9.18 Å². The molecular formula is C17H20FN3O2. The van der Waals surface area contributed by atoms with Gasteiger partial charge in [0.25, 0.3) is 0 Å². The van der Waals surface area contributed by atoms with Crippen LogP contribution in [0.15, 0.2) is 34.9 Å². The van der Waals surface area contributed by atoms with Crippen molar-refractivity contribution < 1.29 is 13.6 Å². The van der Waals surface area contributed by atoms with Crippen LogP contribution < -0.4 is 5.32 Å². The lowest BCUT2D eigenvalue weighted by Crippen LogP contribution is -2.39. The molecule has 0 bridgehead atoms. The van der Waals surface area contributed by atoms with Gasteiger partial charge < -0.3 is 9.73 Å². The van der Waals surface area contributed by atoms with Crippen molar-refractivity contribution >= 4 is 5.91 Å². The molecule has 1 aliphatic heterocycles. The smallest absolute Gasteiger partial charge is 0.226 e. The van der Waals surface area contributed by atoms with E-state index >= 15 is 0 Å². The van der Waals surface area contributed by atoms with Crippen molar-refractivity contribution in [2.45, 2.75) is 19.4 Å². The van der Waals surface area contributed by atoms with Gasteiger partial charge in [-0.15, -0.1) is 0 Å². The Balaban J connectivity index is 1.59. The van der Waals surface area contributed by atoms with Gasteiger partial charge in [-0.3, -0.25) is 9.69 Å². The zero-order chi connectivity index (χ0) is 16.2. The average molecular weight is 317 g/mol. The maximum atomic E-state index is 13.3. The lowest BCUT2D eigenvalue weighted by Gasteiger charge is -2.30. The number of aromatic nitrogens is 1. The van der Waals surface area contributed by atoms with Gasteiger partial charge in [0.1, 0.15) is 12.1 Å². The summed E-state index contributed by atoms with van der Waals surface area (Å²) in [5.41, 5.74) is 1.46. The standard InChI is InChI=1S/C17H20FN3O2/c1-19-16(22)12-5-7-21(8-6-12)10-15-11-23-17(20-15)13-3-2-4-14(18)9-13/h2-4,9,11-12H,5-8,10H2,1H3,(H,19,22). The number of halogens is 1. The van der Waals surface area contributed by atoms with Crippen LogP contribution >= 0.6 is 0 Å². The number of nitrogens with one attached hydrogen (secondary N) is 1. The molecule has 1 aliphatic rings. The zero-order valence-electron chi connectivity index (χ0n) is 13.1. The third-order valence-electron chi connectivity index (χ3n) is 4.21. The molecule has 1 saturated heterocycles. The third kappa shape index (κ3) is 3.76. The monoisotopic (exact) mass is 317 g/mol. The summed E-state index contributed by atoms with van der Waals surface area (Å²) in [4.78, 5) is 18.3. The van der Waals surface area contributed by atoms with Crippen molar-refractivity contribution in [1.29, 1.82) is 0 Å². The van der Waals surface area contributed by atoms with Crippen LogP contribution in [0.1, 0.15) is 18.5 Å². The van der Waals surface area contributed by atoms with E-state index in [2.05, 4.69) is 15.2 Å². The third-order valence-corrected chi connectivity index (χ3v) is 4.21. The van der Waals surface area contributed by atoms with E-state index in [-0.39, 0.29) is 17.6 Å². The molecule has 122 valence electrons. The van der Waals surface area contributed by atoms with E-state index in [0.717, 1.165) is 31.6 Å². The highest BCUT2D eigenvalue weighted by molar-refractivity contribution is 5.78. The summed E-state index contributed by atoms with van der Waals surface area (Å²) in [7, 11) is 1.68. The van der Waals surface area contributed by atoms with Gasteiger partial charge in [-0.2, -0.15) is 0 Å². The molecule has 3 rings (SSSR count). The number of carbonyl (C=O) groups excluding carboxylic acids is 1. The van der Waals surface area contributed by atoms with Crippen LogP contribution in [0.5, 0.6) is 0 Å². The van der Waals surface area contributed by atoms with Crippen molar-refractivity contribution in [3.8, 4) is 11.5 Å². The first-order valence-corrected chi connectivity index (χ1v) is 7.80. The second-order valence-electron chi connectivity index (χ2n) is 5.82. The molecule has 23 heavy (non-hydrogen) atoms. The summed E-state index contributed by atoms with van der Waals surface area (Å²) in [5, 5.41) is 2.71. The Morgan fingerprint density at radius 2 is 2.22 bits per heavy atom. The number of oxazole rings is 1. The van der Waals surface area contributed by atoms with E-state index in [0.29, 0.717) is 18.0 Å². The minimum Gasteiger partial charge on any atom is -0.444 e. The minimum atomic E-state index is -0.307. The molecule has 1 amide bonds. The Morgan fingerprint density at radius 1 is 1.43 bits per heavy atom. The fourth-order valence-corrected chi connectivity index (χ4v) is 2.92. The molecule has 0 radical (unpaired) electrons. The highest BCUT2D eigenvalue weighted by Gasteiger charge is 2.24. The van der Waals surface area contributed by atoms with Crippen molar-refractivity contribution in [2.75, 3.05) is 20.1 Å². The number of piperidine rings is 1. The first kappa shape index (κ1) is 15.7. The topological polar surface area (TPSA) is 58.4 Å². The largest absolute Gasteiger partial charge is 0.444 e. The highest BCUT2D eigenvalue weighted by Crippen LogP contribution is 2.22. The van der Waals surface area contributed by atoms with E-state index in [1.54, 1.807) is 25.4 Å². The van der Waals surface area contributed by atoms with Crippen molar-refractivity contribution in [2.24, 2.45) is 5.92 Å². The van der Waals surface area contributed by atoms with Gasteiger partial charge in [-0.1, -0.05) is 6.07 Å². The van der Waals surface area contributed by atoms with Gasteiger partial charge in [0, 0.05) is 25.1 Å². The summed E-state index contributed by atoms with van der Waals surface area (Å²) in [6.07, 6.45) is 3.33. The van der Waals surface area contributed by atoms with E-state index in [1.165, 1.54) is 12.1 Å². The Bertz CT molecular complexity index is 678. The summed E-state index contributed by atoms with van der Waals surface area (Å²) in [6, 6.07) is 6.21. The van der Waals surface area contributed by atoms with Crippen LogP contribution in [0.2, 0.25) is 0 Å². The molecule has 0 spiro atoms. The predicted octanol–water partition coefficient (Wildman–Crippen LogP) is 2.44. The SMILES string of the molecule is CNC(=O)C1CCN(Cc2coc(-c3cccc(F)c3)n2)CC1. The van der Waals surface area contributed by atoms with Crippen molar-refractivity contribution in [3.63, 3.8) is 0 Å². The molecule has 5 nitrogen and oxygen atoms in total. The predicted molar refractivity (Wildman–Crippen MR) is 84.0 cm³/mol. The molecule has 1 aromatic carbocycles. The number of carbonyl (C=O) groups is 1. The molecule has 1 N–H and O–H groups in total. The van der Waals surface area contributed by atoms with Gasteiger partial charge in [0.15, 0.2) is 0 Å². The van der Waals surface area contributed by atoms with Gasteiger partial charge in [-0.25, -0.2) is 9.37 Å². The molecule has 0 unspecified atom stereocenters. The second-order valence-corrected chi connectivity index (χ2v) is 5.82. The van der Waals surface area contributed by atoms with Crippen LogP contribution in [-0.4, -0.2) is 35.9 Å². The number of rotatable bonds is 4. The Morgan fingerprint density at radius 3 is 2.91 bits per heavy atom. The first-order chi connectivity index (χ1) is 11.2. The fourth-order valence-electron chi connectivity index (χ4n) is 2.92. The van der Waals surface area contributed by atoms with Gasteiger partial charge in [0.2, 0.25) is 11.8 Å². The van der Waals surface area contributed by atoms with Crippen molar-refractivity contribution in [3.05, 3.63) is 42.0 Å². The first-order valence-electron chi connectivity index (χ1n) is 7.80. The lowest BCUT2D eigenvalue weighted by molar-refractivity contribution is -0.125. The van der Waals surface area contributed by atoms with E-state index in [1.807, 2.05) is 0 Å². The molecule has 2 heterocycles. The van der Waals surface area contributed by atoms with E-state index < -0.39 is 0 Å². The normalized spacial score (nSPS) is 16.4. The van der Waals surface area contributed by atoms with Crippen LogP contribution in [0, 0.1) is 11.7 Å². The minimum absolute atomic E-state index is 0.108. The van der Waals surface area contributed by atoms with Crippen LogP contribution in [-0.2, 0) is 11.3 Å². The number of hydrogen-bond donors (Lipinski definition) is 1. The summed E-state index contributed by atoms with van der Waals surface area (Å²) >= 11 is 0. The summed E-state index contributed by atoms with van der Waals surface area (Å²) in [6.45, 7) is 2.40. The number of likely N-dealkylation sites (tertiary alicyclic amines) is 1. The Labute approximate surface area is 134 Å². The Kier molecular flexibility index (Phi) is 4.71. The van der Waals surface area contributed by atoms with Crippen LogP contribution in [0.4, 0.5) is 4.39 Å². The molecular weight excluding hydrogens is 297 g/mol. The molecule has 6 heteroatoms. The van der Waals surface area contributed by atoms with Crippen LogP contribution in [0.3, 0.4) is 0 Å². The van der Waals surface area contributed by atoms with Crippen molar-refractivity contribution in [1.82, 2.24) is 15.2 Å². The molecule has 0 aliphatic carbocycles. The molecule has 0 atom stereocenters. The van der Waals surface area contributed by atoms with Crippen LogP contribution in [0.25, 0.3) is 11.5 Å². The molecule has 1 fully saturated rings. The average Bonchev–Trinajstić information content (AvgIpc) is 3.03.